The maximum atomic E-state index is 11.1. The van der Waals surface area contributed by atoms with Gasteiger partial charge in [0.15, 0.2) is 0 Å². The molecule has 19 heavy (non-hydrogen) atoms. The molecule has 0 spiro atoms. The first-order chi connectivity index (χ1) is 8.91. The summed E-state index contributed by atoms with van der Waals surface area (Å²) >= 11 is 0. The van der Waals surface area contributed by atoms with Crippen LogP contribution in [0.3, 0.4) is 0 Å². The number of rotatable bonds is 7. The number of aliphatic carboxylic acids is 1. The van der Waals surface area contributed by atoms with Gasteiger partial charge in [0.2, 0.25) is 0 Å². The number of benzene rings is 1. The molecule has 0 aliphatic heterocycles. The Hall–Kier alpha value is -1.88. The standard InChI is InChI=1S/C14H19NO4/c1-9(2)7-12(14(18)19)15-8-10-5-3-4-6-11(10)13(16)17/h3-6,9,12,15H,7-8H2,1-2H3,(H,16,17)(H,18,19)/t12-/m1/s1. The van der Waals surface area contributed by atoms with Crippen LogP contribution in [-0.2, 0) is 11.3 Å². The van der Waals surface area contributed by atoms with Crippen LogP contribution in [0, 0.1) is 5.92 Å². The first-order valence-corrected chi connectivity index (χ1v) is 6.19. The number of carbonyl (C=O) groups is 2. The van der Waals surface area contributed by atoms with Crippen molar-refractivity contribution < 1.29 is 19.8 Å². The van der Waals surface area contributed by atoms with Crippen LogP contribution in [0.2, 0.25) is 0 Å². The smallest absolute Gasteiger partial charge is 0.336 e. The molecule has 0 saturated heterocycles. The maximum Gasteiger partial charge on any atom is 0.336 e. The molecule has 0 unspecified atom stereocenters. The number of hydrogen-bond acceptors (Lipinski definition) is 3. The molecular formula is C14H19NO4. The van der Waals surface area contributed by atoms with Crippen LogP contribution in [0.1, 0.15) is 36.2 Å². The minimum atomic E-state index is -1.01. The molecule has 1 rings (SSSR count). The van der Waals surface area contributed by atoms with Crippen molar-refractivity contribution in [2.75, 3.05) is 0 Å². The largest absolute Gasteiger partial charge is 0.480 e. The van der Waals surface area contributed by atoms with Crippen molar-refractivity contribution in [2.45, 2.75) is 32.9 Å². The van der Waals surface area contributed by atoms with Crippen LogP contribution in [0.5, 0.6) is 0 Å². The molecule has 0 aliphatic carbocycles. The predicted octanol–water partition coefficient (Wildman–Crippen LogP) is 1.97. The average Bonchev–Trinajstić information content (AvgIpc) is 2.34. The number of carboxylic acids is 2. The van der Waals surface area contributed by atoms with Crippen molar-refractivity contribution in [3.63, 3.8) is 0 Å². The highest BCUT2D eigenvalue weighted by Crippen LogP contribution is 2.10. The van der Waals surface area contributed by atoms with Gasteiger partial charge in [-0.15, -0.1) is 0 Å². The van der Waals surface area contributed by atoms with E-state index in [1.54, 1.807) is 18.2 Å². The molecule has 3 N–H and O–H groups in total. The van der Waals surface area contributed by atoms with E-state index in [-0.39, 0.29) is 18.0 Å². The molecule has 1 atom stereocenters. The fourth-order valence-corrected chi connectivity index (χ4v) is 1.86. The molecule has 1 aromatic rings. The molecule has 0 bridgehead atoms. The van der Waals surface area contributed by atoms with E-state index in [0.29, 0.717) is 12.0 Å². The van der Waals surface area contributed by atoms with E-state index >= 15 is 0 Å². The Morgan fingerprint density at radius 3 is 2.37 bits per heavy atom. The Labute approximate surface area is 112 Å². The number of nitrogens with one attached hydrogen (secondary N) is 1. The molecule has 5 nitrogen and oxygen atoms in total. The van der Waals surface area contributed by atoms with E-state index < -0.39 is 18.0 Å². The third-order valence-electron chi connectivity index (χ3n) is 2.79. The van der Waals surface area contributed by atoms with Crippen LogP contribution in [-0.4, -0.2) is 28.2 Å². The summed E-state index contributed by atoms with van der Waals surface area (Å²) in [5, 5.41) is 21.0. The van der Waals surface area contributed by atoms with E-state index in [9.17, 15) is 9.59 Å². The average molecular weight is 265 g/mol. The highest BCUT2D eigenvalue weighted by atomic mass is 16.4. The summed E-state index contributed by atoms with van der Waals surface area (Å²) < 4.78 is 0. The zero-order chi connectivity index (χ0) is 14.4. The number of aromatic carboxylic acids is 1. The van der Waals surface area contributed by atoms with Crippen molar-refractivity contribution in [1.29, 1.82) is 0 Å². The van der Waals surface area contributed by atoms with Crippen LogP contribution in [0.15, 0.2) is 24.3 Å². The van der Waals surface area contributed by atoms with Crippen molar-refractivity contribution in [3.8, 4) is 0 Å². The summed E-state index contributed by atoms with van der Waals surface area (Å²) in [6, 6.07) is 5.92. The van der Waals surface area contributed by atoms with Crippen LogP contribution < -0.4 is 5.32 Å². The lowest BCUT2D eigenvalue weighted by Crippen LogP contribution is -2.37. The fourth-order valence-electron chi connectivity index (χ4n) is 1.86. The lowest BCUT2D eigenvalue weighted by molar-refractivity contribution is -0.140. The quantitative estimate of drug-likeness (QED) is 0.701. The monoisotopic (exact) mass is 265 g/mol. The Morgan fingerprint density at radius 1 is 1.21 bits per heavy atom. The molecule has 0 aliphatic rings. The van der Waals surface area contributed by atoms with E-state index in [2.05, 4.69) is 5.32 Å². The van der Waals surface area contributed by atoms with Gasteiger partial charge in [-0.1, -0.05) is 32.0 Å². The Bertz CT molecular complexity index is 457. The maximum absolute atomic E-state index is 11.1. The molecule has 0 amide bonds. The van der Waals surface area contributed by atoms with Gasteiger partial charge in [-0.2, -0.15) is 0 Å². The van der Waals surface area contributed by atoms with Gasteiger partial charge < -0.3 is 15.5 Å². The normalized spacial score (nSPS) is 12.4. The van der Waals surface area contributed by atoms with Gasteiger partial charge in [-0.3, -0.25) is 4.79 Å². The molecule has 0 saturated carbocycles. The van der Waals surface area contributed by atoms with Gasteiger partial charge in [0, 0.05) is 6.54 Å². The summed E-state index contributed by atoms with van der Waals surface area (Å²) in [5.41, 5.74) is 0.786. The number of hydrogen-bond donors (Lipinski definition) is 3. The van der Waals surface area contributed by atoms with Crippen LogP contribution in [0.4, 0.5) is 0 Å². The van der Waals surface area contributed by atoms with Crippen molar-refractivity contribution in [2.24, 2.45) is 5.92 Å². The summed E-state index contributed by atoms with van der Waals surface area (Å²) in [6.07, 6.45) is 0.505. The third kappa shape index (κ3) is 4.71. The molecule has 5 heteroatoms. The zero-order valence-corrected chi connectivity index (χ0v) is 11.1. The van der Waals surface area contributed by atoms with Crippen molar-refractivity contribution in [1.82, 2.24) is 5.32 Å². The summed E-state index contributed by atoms with van der Waals surface area (Å²) in [4.78, 5) is 22.1. The minimum Gasteiger partial charge on any atom is -0.480 e. The second-order valence-corrected chi connectivity index (χ2v) is 4.86. The van der Waals surface area contributed by atoms with Crippen molar-refractivity contribution in [3.05, 3.63) is 35.4 Å². The zero-order valence-electron chi connectivity index (χ0n) is 11.1. The first kappa shape index (κ1) is 15.2. The van der Waals surface area contributed by atoms with Gasteiger partial charge >= 0.3 is 11.9 Å². The highest BCUT2D eigenvalue weighted by molar-refractivity contribution is 5.89. The van der Waals surface area contributed by atoms with Gasteiger partial charge in [0.05, 0.1) is 5.56 Å². The van der Waals surface area contributed by atoms with E-state index in [4.69, 9.17) is 10.2 Å². The van der Waals surface area contributed by atoms with Crippen LogP contribution in [0.25, 0.3) is 0 Å². The van der Waals surface area contributed by atoms with E-state index in [1.165, 1.54) is 6.07 Å². The lowest BCUT2D eigenvalue weighted by Gasteiger charge is -2.17. The molecule has 104 valence electrons. The summed E-state index contributed by atoms with van der Waals surface area (Å²) in [5.74, 6) is -1.67. The van der Waals surface area contributed by atoms with Gasteiger partial charge in [-0.25, -0.2) is 4.79 Å². The summed E-state index contributed by atoms with van der Waals surface area (Å²) in [7, 11) is 0. The van der Waals surface area contributed by atoms with E-state index in [0.717, 1.165) is 0 Å². The summed E-state index contributed by atoms with van der Waals surface area (Å²) in [6.45, 7) is 4.12. The Balaban J connectivity index is 2.74. The minimum absolute atomic E-state index is 0.198. The Kier molecular flexibility index (Phi) is 5.51. The van der Waals surface area contributed by atoms with E-state index in [1.807, 2.05) is 13.8 Å². The van der Waals surface area contributed by atoms with Gasteiger partial charge in [-0.05, 0) is 24.0 Å². The van der Waals surface area contributed by atoms with Gasteiger partial charge in [0.1, 0.15) is 6.04 Å². The Morgan fingerprint density at radius 2 is 1.84 bits per heavy atom. The lowest BCUT2D eigenvalue weighted by atomic mass is 10.0. The SMILES string of the molecule is CC(C)C[C@@H](NCc1ccccc1C(=O)O)C(=O)O. The van der Waals surface area contributed by atoms with Crippen molar-refractivity contribution >= 4 is 11.9 Å². The second kappa shape index (κ2) is 6.89. The second-order valence-electron chi connectivity index (χ2n) is 4.86. The molecule has 0 aromatic heterocycles. The molecule has 0 fully saturated rings. The molecule has 1 aromatic carbocycles. The molecular weight excluding hydrogens is 246 g/mol. The third-order valence-corrected chi connectivity index (χ3v) is 2.79. The predicted molar refractivity (Wildman–Crippen MR) is 71.1 cm³/mol. The molecule has 0 heterocycles. The fraction of sp³-hybridized carbons (Fsp3) is 0.429. The first-order valence-electron chi connectivity index (χ1n) is 6.19. The highest BCUT2D eigenvalue weighted by Gasteiger charge is 2.19. The molecule has 0 radical (unpaired) electrons. The topological polar surface area (TPSA) is 86.6 Å². The van der Waals surface area contributed by atoms with Gasteiger partial charge in [0.25, 0.3) is 0 Å². The number of carboxylic acid groups (broad SMARTS) is 2. The van der Waals surface area contributed by atoms with Crippen LogP contribution >= 0.6 is 0 Å².